The molecule has 1 aromatic carbocycles. The maximum absolute atomic E-state index is 4.91. The van der Waals surface area contributed by atoms with Crippen LogP contribution in [-0.4, -0.2) is 0 Å². The fourth-order valence-electron chi connectivity index (χ4n) is 0.489. The van der Waals surface area contributed by atoms with Crippen molar-refractivity contribution in [3.63, 3.8) is 0 Å². The van der Waals surface area contributed by atoms with Gasteiger partial charge < -0.3 is 0 Å². The second-order valence-corrected chi connectivity index (χ2v) is 1.73. The summed E-state index contributed by atoms with van der Waals surface area (Å²) in [5, 5.41) is 0. The minimum absolute atomic E-state index is 0. The summed E-state index contributed by atoms with van der Waals surface area (Å²) in [6.45, 7) is 0. The fraction of sp³-hybridized carbons (Fsp3) is 0. The van der Waals surface area contributed by atoms with Crippen molar-refractivity contribution in [3.8, 4) is 5.75 Å². The second-order valence-electron chi connectivity index (χ2n) is 1.42. The van der Waals surface area contributed by atoms with Crippen LogP contribution in [0.25, 0.3) is 0 Å². The molecule has 0 fully saturated rings. The molecular weight excluding hydrogens is 242 g/mol. The third-order valence-corrected chi connectivity index (χ3v) is 1.23. The van der Waals surface area contributed by atoms with Gasteiger partial charge in [-0.25, -0.2) is 0 Å². The van der Waals surface area contributed by atoms with Crippen LogP contribution < -0.4 is 3.32 Å². The molecule has 1 rings (SSSR count). The zero-order valence-corrected chi connectivity index (χ0v) is 9.53. The molecule has 0 unspecified atom stereocenters. The summed E-state index contributed by atoms with van der Waals surface area (Å²) in [7, 11) is 0. The number of benzene rings is 1. The van der Waals surface area contributed by atoms with Crippen molar-refractivity contribution in [1.82, 2.24) is 0 Å². The van der Waals surface area contributed by atoms with Gasteiger partial charge in [0.25, 0.3) is 0 Å². The zero-order chi connectivity index (χ0) is 5.82. The molecule has 0 saturated carbocycles. The number of hydrogen-bond acceptors (Lipinski definition) is 1. The number of hydrogen-bond donors (Lipinski definition) is 0. The Hall–Kier alpha value is 0.604. The molecule has 0 saturated heterocycles. The standard InChI is InChI=1S/C6H6O.3ClH.Ti/c7-6-4-2-1-3-5-6;;;;/h1-5,7H;3*1H;/q;;;;+1/p-1. The maximum atomic E-state index is 4.91. The summed E-state index contributed by atoms with van der Waals surface area (Å²) in [5.74, 6) is 0.910. The summed E-state index contributed by atoms with van der Waals surface area (Å²) in [6, 6.07) is 9.68. The van der Waals surface area contributed by atoms with Gasteiger partial charge in [-0.05, 0) is 0 Å². The Labute approximate surface area is 97.0 Å². The van der Waals surface area contributed by atoms with Gasteiger partial charge in [-0.2, -0.15) is 0 Å². The van der Waals surface area contributed by atoms with E-state index >= 15 is 0 Å². The Kier molecular flexibility index (Phi) is 17.0. The number of rotatable bonds is 1. The van der Waals surface area contributed by atoms with E-state index in [9.17, 15) is 0 Å². The van der Waals surface area contributed by atoms with Crippen LogP contribution in [0, 0.1) is 0 Å². The Morgan fingerprint density at radius 3 is 1.64 bits per heavy atom. The van der Waals surface area contributed by atoms with Gasteiger partial charge in [0.05, 0.1) is 0 Å². The summed E-state index contributed by atoms with van der Waals surface area (Å²) >= 11 is 1.66. The Balaban J connectivity index is -0.000000213. The summed E-state index contributed by atoms with van der Waals surface area (Å²) < 4.78 is 4.91. The Morgan fingerprint density at radius 2 is 1.36 bits per heavy atom. The Bertz CT molecular complexity index is 159. The molecule has 0 aliphatic carbocycles. The Morgan fingerprint density at radius 1 is 0.909 bits per heavy atom. The number of para-hydroxylation sites is 1. The van der Waals surface area contributed by atoms with Gasteiger partial charge in [0.15, 0.2) is 0 Å². The molecule has 5 heteroatoms. The van der Waals surface area contributed by atoms with Crippen LogP contribution in [-0.2, 0) is 20.8 Å². The van der Waals surface area contributed by atoms with Crippen LogP contribution in [0.2, 0.25) is 0 Å². The third-order valence-electron chi connectivity index (χ3n) is 0.861. The molecule has 0 bridgehead atoms. The van der Waals surface area contributed by atoms with E-state index in [4.69, 9.17) is 3.32 Å². The molecule has 0 aliphatic rings. The van der Waals surface area contributed by atoms with E-state index in [1.807, 2.05) is 30.3 Å². The molecule has 0 spiro atoms. The quantitative estimate of drug-likeness (QED) is 0.696. The van der Waals surface area contributed by atoms with Crippen LogP contribution >= 0.6 is 37.2 Å². The summed E-state index contributed by atoms with van der Waals surface area (Å²) in [5.41, 5.74) is 0. The minimum atomic E-state index is 0. The summed E-state index contributed by atoms with van der Waals surface area (Å²) in [6.07, 6.45) is 0. The molecule has 0 heterocycles. The molecule has 0 aliphatic heterocycles. The van der Waals surface area contributed by atoms with Crippen molar-refractivity contribution in [1.29, 1.82) is 0 Å². The van der Waals surface area contributed by atoms with Crippen LogP contribution in [0.3, 0.4) is 0 Å². The van der Waals surface area contributed by atoms with Gasteiger partial charge in [-0.15, -0.1) is 37.2 Å². The van der Waals surface area contributed by atoms with Crippen molar-refractivity contribution in [2.24, 2.45) is 0 Å². The average molecular weight is 250 g/mol. The van der Waals surface area contributed by atoms with Crippen LogP contribution in [0.15, 0.2) is 30.3 Å². The van der Waals surface area contributed by atoms with Gasteiger partial charge in [-0.1, -0.05) is 0 Å². The fourth-order valence-corrected chi connectivity index (χ4v) is 0.701. The third kappa shape index (κ3) is 6.98. The van der Waals surface area contributed by atoms with Crippen molar-refractivity contribution >= 4 is 37.2 Å². The molecule has 1 aromatic rings. The van der Waals surface area contributed by atoms with E-state index in [-0.39, 0.29) is 37.2 Å². The van der Waals surface area contributed by atoms with Gasteiger partial charge in [0, 0.05) is 0 Å². The normalized spacial score (nSPS) is 6.09. The molecule has 0 aromatic heterocycles. The number of halogens is 3. The average Bonchev–Trinajstić information content (AvgIpc) is 1.90. The first-order chi connectivity index (χ1) is 3.93. The van der Waals surface area contributed by atoms with Gasteiger partial charge in [-0.3, -0.25) is 0 Å². The van der Waals surface area contributed by atoms with Crippen molar-refractivity contribution < 1.29 is 24.1 Å². The van der Waals surface area contributed by atoms with E-state index in [0.29, 0.717) is 0 Å². The molecule has 63 valence electrons. The molecular formula is C6H8Cl3OTi. The second kappa shape index (κ2) is 10.6. The van der Waals surface area contributed by atoms with Crippen LogP contribution in [0.1, 0.15) is 0 Å². The zero-order valence-electron chi connectivity index (χ0n) is 5.52. The van der Waals surface area contributed by atoms with E-state index < -0.39 is 0 Å². The van der Waals surface area contributed by atoms with E-state index in [2.05, 4.69) is 0 Å². The van der Waals surface area contributed by atoms with E-state index in [0.717, 1.165) is 5.75 Å². The van der Waals surface area contributed by atoms with Gasteiger partial charge in [0.1, 0.15) is 0 Å². The van der Waals surface area contributed by atoms with E-state index in [1.54, 1.807) is 20.8 Å². The van der Waals surface area contributed by atoms with E-state index in [1.165, 1.54) is 0 Å². The monoisotopic (exact) mass is 249 g/mol. The molecule has 0 N–H and O–H groups in total. The molecule has 0 atom stereocenters. The van der Waals surface area contributed by atoms with Crippen LogP contribution in [0.4, 0.5) is 0 Å². The van der Waals surface area contributed by atoms with Crippen molar-refractivity contribution in [2.75, 3.05) is 0 Å². The molecule has 1 nitrogen and oxygen atoms in total. The SMILES string of the molecule is Cl.Cl.Cl.[Ti][O]c1ccccc1. The van der Waals surface area contributed by atoms with Crippen LogP contribution in [0.5, 0.6) is 5.75 Å². The molecule has 11 heavy (non-hydrogen) atoms. The van der Waals surface area contributed by atoms with Gasteiger partial charge in [0.2, 0.25) is 0 Å². The summed E-state index contributed by atoms with van der Waals surface area (Å²) in [4.78, 5) is 0. The van der Waals surface area contributed by atoms with Crippen molar-refractivity contribution in [3.05, 3.63) is 30.3 Å². The first kappa shape index (κ1) is 17.6. The topological polar surface area (TPSA) is 9.23 Å². The predicted octanol–water partition coefficient (Wildman–Crippen LogP) is 2.79. The molecule has 0 radical (unpaired) electrons. The predicted molar refractivity (Wildman–Crippen MR) is 48.8 cm³/mol. The first-order valence-electron chi connectivity index (χ1n) is 2.32. The first-order valence-corrected chi connectivity index (χ1v) is 2.96. The molecule has 0 amide bonds. The van der Waals surface area contributed by atoms with Crippen molar-refractivity contribution in [2.45, 2.75) is 0 Å². The van der Waals surface area contributed by atoms with Gasteiger partial charge >= 0.3 is 60.2 Å².